The van der Waals surface area contributed by atoms with Crippen molar-refractivity contribution in [2.45, 2.75) is 13.5 Å². The van der Waals surface area contributed by atoms with Crippen molar-refractivity contribution in [2.24, 2.45) is 0 Å². The largest absolute Gasteiger partial charge is 0.347 e. The Hall–Kier alpha value is -3.48. The van der Waals surface area contributed by atoms with Gasteiger partial charge in [-0.1, -0.05) is 29.8 Å². The van der Waals surface area contributed by atoms with E-state index in [-0.39, 0.29) is 5.56 Å². The quantitative estimate of drug-likeness (QED) is 0.559. The van der Waals surface area contributed by atoms with Gasteiger partial charge in [0.15, 0.2) is 0 Å². The van der Waals surface area contributed by atoms with Crippen LogP contribution in [0.3, 0.4) is 0 Å². The Morgan fingerprint density at radius 1 is 1.19 bits per heavy atom. The van der Waals surface area contributed by atoms with E-state index in [9.17, 15) is 4.79 Å². The molecule has 0 saturated carbocycles. The molecule has 0 bridgehead atoms. The van der Waals surface area contributed by atoms with Crippen molar-refractivity contribution < 1.29 is 0 Å². The molecule has 7 nitrogen and oxygen atoms in total. The molecule has 136 valence electrons. The van der Waals surface area contributed by atoms with E-state index >= 15 is 0 Å². The van der Waals surface area contributed by atoms with Crippen molar-refractivity contribution >= 4 is 28.7 Å². The number of aryl methyl sites for hydroxylation is 1. The van der Waals surface area contributed by atoms with Crippen LogP contribution in [0.15, 0.2) is 53.6 Å². The van der Waals surface area contributed by atoms with Crippen molar-refractivity contribution in [1.29, 1.82) is 0 Å². The zero-order chi connectivity index (χ0) is 19.0. The first-order valence-electron chi connectivity index (χ1n) is 8.68. The molecule has 3 heterocycles. The Labute approximate surface area is 156 Å². The minimum Gasteiger partial charge on any atom is -0.347 e. The maximum Gasteiger partial charge on any atom is 0.263 e. The molecule has 0 saturated heterocycles. The van der Waals surface area contributed by atoms with Gasteiger partial charge < -0.3 is 4.90 Å². The van der Waals surface area contributed by atoms with E-state index in [4.69, 9.17) is 0 Å². The second-order valence-electron chi connectivity index (χ2n) is 6.65. The van der Waals surface area contributed by atoms with Gasteiger partial charge in [0, 0.05) is 33.0 Å². The van der Waals surface area contributed by atoms with Gasteiger partial charge in [-0.3, -0.25) is 14.3 Å². The standard InChI is InChI=1S/C20H20N6O/c1-14-8-9-17-16(12-14)18(27)25(11-5-7-15-6-4-10-21-13-15)20-23-22-19(24(2)3)26(17)20/h4-10,12-13H,11H2,1-3H3. The summed E-state index contributed by atoms with van der Waals surface area (Å²) in [6.07, 6.45) is 7.39. The maximum absolute atomic E-state index is 13.1. The van der Waals surface area contributed by atoms with Crippen molar-refractivity contribution in [3.63, 3.8) is 0 Å². The van der Waals surface area contributed by atoms with Crippen molar-refractivity contribution in [3.8, 4) is 0 Å². The van der Waals surface area contributed by atoms with Gasteiger partial charge in [-0.15, -0.1) is 10.2 Å². The first-order valence-corrected chi connectivity index (χ1v) is 8.68. The maximum atomic E-state index is 13.1. The van der Waals surface area contributed by atoms with Gasteiger partial charge in [0.2, 0.25) is 11.7 Å². The average molecular weight is 360 g/mol. The Kier molecular flexibility index (Phi) is 4.19. The Balaban J connectivity index is 1.92. The molecular formula is C20H20N6O. The first kappa shape index (κ1) is 17.0. The molecule has 0 atom stereocenters. The number of benzene rings is 1. The zero-order valence-electron chi connectivity index (χ0n) is 15.5. The third kappa shape index (κ3) is 2.97. The summed E-state index contributed by atoms with van der Waals surface area (Å²) in [5.41, 5.74) is 2.75. The number of hydrogen-bond donors (Lipinski definition) is 0. The third-order valence-electron chi connectivity index (χ3n) is 4.42. The molecule has 0 amide bonds. The van der Waals surface area contributed by atoms with Crippen LogP contribution < -0.4 is 10.5 Å². The minimum absolute atomic E-state index is 0.0743. The highest BCUT2D eigenvalue weighted by Gasteiger charge is 2.17. The van der Waals surface area contributed by atoms with E-state index in [0.717, 1.165) is 16.6 Å². The van der Waals surface area contributed by atoms with Crippen LogP contribution in [-0.4, -0.2) is 38.2 Å². The molecule has 0 radical (unpaired) electrons. The second kappa shape index (κ2) is 6.68. The molecule has 0 spiro atoms. The number of pyridine rings is 1. The molecular weight excluding hydrogens is 340 g/mol. The van der Waals surface area contributed by atoms with Gasteiger partial charge in [0.1, 0.15) is 0 Å². The van der Waals surface area contributed by atoms with Crippen LogP contribution in [-0.2, 0) is 6.54 Å². The van der Waals surface area contributed by atoms with Gasteiger partial charge in [0.25, 0.3) is 5.56 Å². The Morgan fingerprint density at radius 3 is 2.78 bits per heavy atom. The fourth-order valence-corrected chi connectivity index (χ4v) is 3.13. The Morgan fingerprint density at radius 2 is 2.04 bits per heavy atom. The van der Waals surface area contributed by atoms with Gasteiger partial charge >= 0.3 is 0 Å². The number of fused-ring (bicyclic) bond motifs is 3. The SMILES string of the molecule is Cc1ccc2c(c1)c(=O)n(CC=Cc1cccnc1)c1nnc(N(C)C)n21. The van der Waals surface area contributed by atoms with Gasteiger partial charge in [-0.2, -0.15) is 0 Å². The third-order valence-corrected chi connectivity index (χ3v) is 4.42. The fourth-order valence-electron chi connectivity index (χ4n) is 3.13. The molecule has 0 N–H and O–H groups in total. The summed E-state index contributed by atoms with van der Waals surface area (Å²) >= 11 is 0. The van der Waals surface area contributed by atoms with E-state index < -0.39 is 0 Å². The topological polar surface area (TPSA) is 68.3 Å². The summed E-state index contributed by atoms with van der Waals surface area (Å²) in [4.78, 5) is 19.1. The molecule has 7 heteroatoms. The number of aromatic nitrogens is 5. The summed E-state index contributed by atoms with van der Waals surface area (Å²) in [6, 6.07) is 9.70. The molecule has 0 aliphatic carbocycles. The molecule has 0 fully saturated rings. The number of allylic oxidation sites excluding steroid dienone is 1. The fraction of sp³-hybridized carbons (Fsp3) is 0.200. The smallest absolute Gasteiger partial charge is 0.263 e. The zero-order valence-corrected chi connectivity index (χ0v) is 15.5. The highest BCUT2D eigenvalue weighted by molar-refractivity contribution is 5.82. The molecule has 1 aromatic carbocycles. The van der Waals surface area contributed by atoms with Crippen LogP contribution in [0.5, 0.6) is 0 Å². The van der Waals surface area contributed by atoms with Crippen LogP contribution in [0.4, 0.5) is 5.95 Å². The molecule has 0 unspecified atom stereocenters. The lowest BCUT2D eigenvalue weighted by atomic mass is 10.1. The highest BCUT2D eigenvalue weighted by atomic mass is 16.1. The van der Waals surface area contributed by atoms with E-state index in [1.807, 2.05) is 72.8 Å². The summed E-state index contributed by atoms with van der Waals surface area (Å²) < 4.78 is 3.57. The molecule has 4 aromatic rings. The molecule has 0 aliphatic heterocycles. The Bertz CT molecular complexity index is 1200. The van der Waals surface area contributed by atoms with E-state index in [0.29, 0.717) is 23.7 Å². The molecule has 27 heavy (non-hydrogen) atoms. The number of anilines is 1. The number of hydrogen-bond acceptors (Lipinski definition) is 5. The first-order chi connectivity index (χ1) is 13.1. The lowest BCUT2D eigenvalue weighted by Crippen LogP contribution is -2.24. The average Bonchev–Trinajstić information content (AvgIpc) is 3.10. The summed E-state index contributed by atoms with van der Waals surface area (Å²) in [5.74, 6) is 1.21. The molecule has 4 rings (SSSR count). The van der Waals surface area contributed by atoms with Crippen LogP contribution >= 0.6 is 0 Å². The van der Waals surface area contributed by atoms with Gasteiger partial charge in [-0.05, 0) is 30.7 Å². The predicted molar refractivity (Wildman–Crippen MR) is 107 cm³/mol. The van der Waals surface area contributed by atoms with E-state index in [2.05, 4.69) is 15.2 Å². The second-order valence-corrected chi connectivity index (χ2v) is 6.65. The van der Waals surface area contributed by atoms with Gasteiger partial charge in [-0.25, -0.2) is 4.40 Å². The van der Waals surface area contributed by atoms with E-state index in [1.54, 1.807) is 17.0 Å². The summed E-state index contributed by atoms with van der Waals surface area (Å²) in [6.45, 7) is 2.38. The number of nitrogens with zero attached hydrogens (tertiary/aromatic N) is 6. The summed E-state index contributed by atoms with van der Waals surface area (Å²) in [7, 11) is 3.82. The normalized spacial score (nSPS) is 11.7. The van der Waals surface area contributed by atoms with E-state index in [1.165, 1.54) is 0 Å². The predicted octanol–water partition coefficient (Wildman–Crippen LogP) is 2.53. The lowest BCUT2D eigenvalue weighted by molar-refractivity contribution is 0.786. The van der Waals surface area contributed by atoms with Crippen LogP contribution in [0.2, 0.25) is 0 Å². The lowest BCUT2D eigenvalue weighted by Gasteiger charge is -2.13. The van der Waals surface area contributed by atoms with Crippen molar-refractivity contribution in [3.05, 3.63) is 70.3 Å². The van der Waals surface area contributed by atoms with Gasteiger partial charge in [0.05, 0.1) is 10.9 Å². The van der Waals surface area contributed by atoms with Crippen LogP contribution in [0, 0.1) is 6.92 Å². The van der Waals surface area contributed by atoms with Crippen molar-refractivity contribution in [1.82, 2.24) is 24.1 Å². The minimum atomic E-state index is -0.0743. The summed E-state index contributed by atoms with van der Waals surface area (Å²) in [5, 5.41) is 9.22. The van der Waals surface area contributed by atoms with Crippen molar-refractivity contribution in [2.75, 3.05) is 19.0 Å². The highest BCUT2D eigenvalue weighted by Crippen LogP contribution is 2.19. The number of rotatable bonds is 4. The monoisotopic (exact) mass is 360 g/mol. The molecule has 0 aliphatic rings. The van der Waals surface area contributed by atoms with Crippen LogP contribution in [0.25, 0.3) is 22.8 Å². The molecule has 3 aromatic heterocycles. The van der Waals surface area contributed by atoms with Crippen LogP contribution in [0.1, 0.15) is 11.1 Å².